The fraction of sp³-hybridized carbons (Fsp3) is 0.310. The van der Waals surface area contributed by atoms with Crippen LogP contribution in [0.4, 0.5) is 4.79 Å². The maximum atomic E-state index is 13.5. The molecule has 2 aromatic carbocycles. The number of carbonyl (C=O) groups excluding carboxylic acids is 1. The number of benzene rings is 2. The Labute approximate surface area is 220 Å². The maximum absolute atomic E-state index is 13.5. The molecule has 2 unspecified atom stereocenters. The number of hydrogen-bond acceptors (Lipinski definition) is 5. The van der Waals surface area contributed by atoms with Gasteiger partial charge in [0.25, 0.3) is 0 Å². The number of hydrogen-bond donors (Lipinski definition) is 3. The standard InChI is InChI=1S/C29H30N2O3S2/c1-35-27(36-2)21-13-14-24-23(26(21)32)17-22(18-7-4-3-5-8-18)25(30-24)19-9-11-20(12-10-19)29(15-6-16-29)31-28(33)34/h3-5,7-14,22,25,30-31H,6,15-17H2,1-2H3,(H,33,34). The molecule has 1 aliphatic heterocycles. The van der Waals surface area contributed by atoms with Crippen molar-refractivity contribution in [1.82, 2.24) is 10.6 Å². The Morgan fingerprint density at radius 1 is 1.00 bits per heavy atom. The lowest BCUT2D eigenvalue weighted by molar-refractivity contribution is -0.112. The van der Waals surface area contributed by atoms with E-state index in [2.05, 4.69) is 47.0 Å². The van der Waals surface area contributed by atoms with Crippen LogP contribution < -0.4 is 10.6 Å². The quantitative estimate of drug-likeness (QED) is 0.380. The molecule has 1 saturated carbocycles. The van der Waals surface area contributed by atoms with Gasteiger partial charge in [0.1, 0.15) is 0 Å². The van der Waals surface area contributed by atoms with Gasteiger partial charge in [-0.2, -0.15) is 0 Å². The molecule has 3 aliphatic rings. The summed E-state index contributed by atoms with van der Waals surface area (Å²) in [5, 5.41) is 15.8. The molecule has 36 heavy (non-hydrogen) atoms. The van der Waals surface area contributed by atoms with Gasteiger partial charge in [0.05, 0.1) is 15.8 Å². The van der Waals surface area contributed by atoms with Crippen molar-refractivity contribution in [2.75, 3.05) is 12.5 Å². The number of thioether (sulfide) groups is 2. The Bertz CT molecular complexity index is 1260. The molecule has 0 radical (unpaired) electrons. The molecule has 0 saturated heterocycles. The highest BCUT2D eigenvalue weighted by molar-refractivity contribution is 8.21. The highest BCUT2D eigenvalue weighted by atomic mass is 32.2. The zero-order valence-electron chi connectivity index (χ0n) is 20.4. The smallest absolute Gasteiger partial charge is 0.405 e. The molecule has 2 aliphatic carbocycles. The number of nitrogens with one attached hydrogen (secondary N) is 2. The van der Waals surface area contributed by atoms with Crippen LogP contribution in [-0.2, 0) is 10.3 Å². The molecule has 0 aromatic heterocycles. The van der Waals surface area contributed by atoms with E-state index in [0.717, 1.165) is 51.5 Å². The summed E-state index contributed by atoms with van der Waals surface area (Å²) >= 11 is 3.23. The van der Waals surface area contributed by atoms with Crippen molar-refractivity contribution < 1.29 is 14.7 Å². The zero-order chi connectivity index (χ0) is 25.3. The average molecular weight is 519 g/mol. The predicted octanol–water partition coefficient (Wildman–Crippen LogP) is 6.48. The molecule has 2 atom stereocenters. The maximum Gasteiger partial charge on any atom is 0.405 e. The van der Waals surface area contributed by atoms with Crippen molar-refractivity contribution in [2.24, 2.45) is 0 Å². The lowest BCUT2D eigenvalue weighted by atomic mass is 9.71. The molecular formula is C29H30N2O3S2. The number of Topliss-reactive ketones (excluding diaryl/α,β-unsaturated/α-hetero) is 1. The fourth-order valence-corrected chi connectivity index (χ4v) is 7.02. The van der Waals surface area contributed by atoms with Crippen molar-refractivity contribution in [3.05, 3.63) is 105 Å². The molecule has 2 aromatic rings. The van der Waals surface area contributed by atoms with Crippen molar-refractivity contribution >= 4 is 35.4 Å². The minimum absolute atomic E-state index is 0.00600. The minimum atomic E-state index is -0.982. The van der Waals surface area contributed by atoms with E-state index in [1.165, 1.54) is 5.56 Å². The third-order valence-electron chi connectivity index (χ3n) is 7.59. The summed E-state index contributed by atoms with van der Waals surface area (Å²) in [4.78, 5) is 24.9. The third kappa shape index (κ3) is 4.50. The van der Waals surface area contributed by atoms with Gasteiger partial charge in [-0.3, -0.25) is 4.79 Å². The molecule has 1 fully saturated rings. The normalized spacial score (nSPS) is 22.4. The Morgan fingerprint density at radius 2 is 1.69 bits per heavy atom. The number of carbonyl (C=O) groups is 2. The van der Waals surface area contributed by atoms with Crippen LogP contribution in [0.1, 0.15) is 54.3 Å². The number of carboxylic acid groups (broad SMARTS) is 1. The third-order valence-corrected chi connectivity index (χ3v) is 9.77. The Balaban J connectivity index is 1.50. The van der Waals surface area contributed by atoms with E-state index in [9.17, 15) is 14.7 Å². The SMILES string of the molecule is CSC(SC)=C1C=CC2=C(CC(c3ccccc3)C(c3ccc(C4(NC(=O)O)CCC4)cc3)N2)C1=O. The van der Waals surface area contributed by atoms with E-state index in [4.69, 9.17) is 0 Å². The number of allylic oxidation sites excluding steroid dienone is 4. The van der Waals surface area contributed by atoms with E-state index in [1.54, 1.807) is 23.5 Å². The summed E-state index contributed by atoms with van der Waals surface area (Å²) in [6.07, 6.45) is 10.3. The number of rotatable bonds is 6. The van der Waals surface area contributed by atoms with Gasteiger partial charge in [0.15, 0.2) is 5.78 Å². The van der Waals surface area contributed by atoms with Gasteiger partial charge in [-0.05, 0) is 67.0 Å². The Morgan fingerprint density at radius 3 is 2.28 bits per heavy atom. The van der Waals surface area contributed by atoms with Crippen LogP contribution in [-0.4, -0.2) is 29.5 Å². The van der Waals surface area contributed by atoms with Gasteiger partial charge in [-0.1, -0.05) is 54.6 Å². The van der Waals surface area contributed by atoms with Crippen LogP contribution in [0.3, 0.4) is 0 Å². The summed E-state index contributed by atoms with van der Waals surface area (Å²) in [6, 6.07) is 18.7. The van der Waals surface area contributed by atoms with Crippen LogP contribution >= 0.6 is 23.5 Å². The molecule has 3 N–H and O–H groups in total. The lowest BCUT2D eigenvalue weighted by Gasteiger charge is -2.42. The molecule has 0 bridgehead atoms. The van der Waals surface area contributed by atoms with Gasteiger partial charge in [-0.25, -0.2) is 4.79 Å². The van der Waals surface area contributed by atoms with Crippen LogP contribution in [0.15, 0.2) is 87.8 Å². The Kier molecular flexibility index (Phi) is 7.04. The van der Waals surface area contributed by atoms with Crippen LogP contribution in [0.5, 0.6) is 0 Å². The molecule has 0 spiro atoms. The first kappa shape index (κ1) is 24.8. The topological polar surface area (TPSA) is 78.4 Å². The molecule has 186 valence electrons. The second-order valence-corrected chi connectivity index (χ2v) is 11.4. The van der Waals surface area contributed by atoms with Crippen molar-refractivity contribution in [1.29, 1.82) is 0 Å². The first-order valence-corrected chi connectivity index (χ1v) is 14.6. The van der Waals surface area contributed by atoms with E-state index in [0.29, 0.717) is 6.42 Å². The van der Waals surface area contributed by atoms with Crippen molar-refractivity contribution in [3.63, 3.8) is 0 Å². The second kappa shape index (κ2) is 10.2. The van der Waals surface area contributed by atoms with Crippen molar-refractivity contribution in [3.8, 4) is 0 Å². The van der Waals surface area contributed by atoms with Gasteiger partial charge < -0.3 is 15.7 Å². The second-order valence-electron chi connectivity index (χ2n) is 9.50. The van der Waals surface area contributed by atoms with E-state index < -0.39 is 11.6 Å². The van der Waals surface area contributed by atoms with E-state index in [1.807, 2.05) is 42.9 Å². The van der Waals surface area contributed by atoms with E-state index in [-0.39, 0.29) is 17.7 Å². The van der Waals surface area contributed by atoms with Gasteiger partial charge in [0, 0.05) is 22.8 Å². The molecule has 7 heteroatoms. The number of amides is 1. The van der Waals surface area contributed by atoms with E-state index >= 15 is 0 Å². The zero-order valence-corrected chi connectivity index (χ0v) is 22.0. The summed E-state index contributed by atoms with van der Waals surface area (Å²) in [6.45, 7) is 0. The predicted molar refractivity (Wildman–Crippen MR) is 148 cm³/mol. The van der Waals surface area contributed by atoms with Crippen LogP contribution in [0, 0.1) is 0 Å². The first-order chi connectivity index (χ1) is 17.5. The molecular weight excluding hydrogens is 488 g/mol. The minimum Gasteiger partial charge on any atom is -0.465 e. The lowest BCUT2D eigenvalue weighted by Crippen LogP contribution is -2.50. The molecule has 5 nitrogen and oxygen atoms in total. The number of ketones is 1. The summed E-state index contributed by atoms with van der Waals surface area (Å²) in [7, 11) is 0. The van der Waals surface area contributed by atoms with Gasteiger partial charge in [0.2, 0.25) is 0 Å². The van der Waals surface area contributed by atoms with Gasteiger partial charge >= 0.3 is 6.09 Å². The monoisotopic (exact) mass is 518 g/mol. The van der Waals surface area contributed by atoms with Crippen molar-refractivity contribution in [2.45, 2.75) is 43.2 Å². The molecule has 5 rings (SSSR count). The largest absolute Gasteiger partial charge is 0.465 e. The highest BCUT2D eigenvalue weighted by Gasteiger charge is 2.41. The highest BCUT2D eigenvalue weighted by Crippen LogP contribution is 2.46. The first-order valence-electron chi connectivity index (χ1n) is 12.2. The summed E-state index contributed by atoms with van der Waals surface area (Å²) in [5.74, 6) is 0.203. The summed E-state index contributed by atoms with van der Waals surface area (Å²) < 4.78 is 1.04. The van der Waals surface area contributed by atoms with Crippen LogP contribution in [0.2, 0.25) is 0 Å². The molecule has 1 heterocycles. The molecule has 1 amide bonds. The average Bonchev–Trinajstić information content (AvgIpc) is 2.88. The van der Waals surface area contributed by atoms with Crippen LogP contribution in [0.25, 0.3) is 0 Å². The fourth-order valence-electron chi connectivity index (χ4n) is 5.59. The Hall–Kier alpha value is -2.90. The van der Waals surface area contributed by atoms with Gasteiger partial charge in [-0.15, -0.1) is 23.5 Å². The summed E-state index contributed by atoms with van der Waals surface area (Å²) in [5.41, 5.74) is 5.37.